The van der Waals surface area contributed by atoms with Gasteiger partial charge in [-0.1, -0.05) is 11.6 Å². The predicted molar refractivity (Wildman–Crippen MR) is 115 cm³/mol. The number of nitrogens with zero attached hydrogens (tertiary/aromatic N) is 4. The fraction of sp³-hybridized carbons (Fsp3) is 0.100. The van der Waals surface area contributed by atoms with Gasteiger partial charge in [-0.2, -0.15) is 9.78 Å². The van der Waals surface area contributed by atoms with Crippen LogP contribution in [0.15, 0.2) is 51.9 Å². The summed E-state index contributed by atoms with van der Waals surface area (Å²) in [5, 5.41) is 18.1. The SMILES string of the molecule is Cc1nc(-n2nc(-c3ccco3)cc2NC(=O)c2cc([N+](=O)[O-])ccc2Cl)[nH]c(=O)c1C. The maximum atomic E-state index is 12.9. The molecule has 162 valence electrons. The number of carbonyl (C=O) groups excluding carboxylic acids is 1. The normalized spacial score (nSPS) is 10.8. The maximum Gasteiger partial charge on any atom is 0.270 e. The Hall–Kier alpha value is -4.25. The van der Waals surface area contributed by atoms with Gasteiger partial charge in [0.05, 0.1) is 21.8 Å². The molecule has 0 saturated carbocycles. The Morgan fingerprint density at radius 3 is 2.72 bits per heavy atom. The van der Waals surface area contributed by atoms with Crippen molar-refractivity contribution in [2.75, 3.05) is 5.32 Å². The van der Waals surface area contributed by atoms with Crippen LogP contribution in [0.1, 0.15) is 21.6 Å². The Bertz CT molecular complexity index is 1410. The third-order valence-corrected chi connectivity index (χ3v) is 5.04. The molecule has 4 aromatic rings. The zero-order chi connectivity index (χ0) is 23.0. The lowest BCUT2D eigenvalue weighted by Gasteiger charge is -2.10. The summed E-state index contributed by atoms with van der Waals surface area (Å²) in [6, 6.07) is 8.39. The number of benzene rings is 1. The fourth-order valence-electron chi connectivity index (χ4n) is 2.89. The van der Waals surface area contributed by atoms with Crippen molar-refractivity contribution in [2.24, 2.45) is 0 Å². The molecule has 0 unspecified atom stereocenters. The molecule has 0 atom stereocenters. The number of aryl methyl sites for hydroxylation is 1. The van der Waals surface area contributed by atoms with Gasteiger partial charge in [-0.3, -0.25) is 24.7 Å². The van der Waals surface area contributed by atoms with E-state index in [1.54, 1.807) is 26.0 Å². The van der Waals surface area contributed by atoms with E-state index in [-0.39, 0.29) is 33.6 Å². The van der Waals surface area contributed by atoms with Gasteiger partial charge in [0.1, 0.15) is 11.5 Å². The molecular formula is C20H15ClN6O5. The largest absolute Gasteiger partial charge is 0.463 e. The molecule has 4 rings (SSSR count). The van der Waals surface area contributed by atoms with E-state index in [0.29, 0.717) is 22.7 Å². The van der Waals surface area contributed by atoms with Crippen LogP contribution in [0.4, 0.5) is 11.5 Å². The van der Waals surface area contributed by atoms with Crippen LogP contribution in [-0.2, 0) is 0 Å². The van der Waals surface area contributed by atoms with Gasteiger partial charge in [0.15, 0.2) is 5.76 Å². The molecule has 0 aliphatic rings. The summed E-state index contributed by atoms with van der Waals surface area (Å²) < 4.78 is 6.60. The molecule has 0 radical (unpaired) electrons. The number of hydrogen-bond acceptors (Lipinski definition) is 7. The first-order chi connectivity index (χ1) is 15.2. The average Bonchev–Trinajstić information content (AvgIpc) is 3.41. The number of nitro benzene ring substituents is 1. The zero-order valence-electron chi connectivity index (χ0n) is 16.7. The summed E-state index contributed by atoms with van der Waals surface area (Å²) >= 11 is 6.08. The molecule has 3 aromatic heterocycles. The minimum atomic E-state index is -0.711. The molecule has 0 aliphatic heterocycles. The highest BCUT2D eigenvalue weighted by Gasteiger charge is 2.21. The number of non-ortho nitro benzene ring substituents is 1. The molecule has 1 amide bonds. The molecule has 1 aromatic carbocycles. The lowest BCUT2D eigenvalue weighted by molar-refractivity contribution is -0.384. The quantitative estimate of drug-likeness (QED) is 0.345. The number of carbonyl (C=O) groups is 1. The predicted octanol–water partition coefficient (Wildman–Crippen LogP) is 3.65. The Morgan fingerprint density at radius 2 is 2.06 bits per heavy atom. The first-order valence-corrected chi connectivity index (χ1v) is 9.59. The minimum Gasteiger partial charge on any atom is -0.463 e. The Balaban J connectivity index is 1.80. The number of anilines is 1. The number of aromatic amines is 1. The van der Waals surface area contributed by atoms with E-state index >= 15 is 0 Å². The summed E-state index contributed by atoms with van der Waals surface area (Å²) in [5.41, 5.74) is 0.538. The van der Waals surface area contributed by atoms with Crippen molar-refractivity contribution in [3.8, 4) is 17.4 Å². The number of halogens is 1. The van der Waals surface area contributed by atoms with Crippen LogP contribution in [-0.4, -0.2) is 30.6 Å². The molecule has 0 fully saturated rings. The van der Waals surface area contributed by atoms with Crippen LogP contribution in [0.2, 0.25) is 5.02 Å². The molecule has 0 spiro atoms. The molecule has 3 heterocycles. The van der Waals surface area contributed by atoms with E-state index < -0.39 is 10.8 Å². The average molecular weight is 455 g/mol. The van der Waals surface area contributed by atoms with Gasteiger partial charge >= 0.3 is 0 Å². The van der Waals surface area contributed by atoms with Crippen molar-refractivity contribution >= 4 is 29.0 Å². The van der Waals surface area contributed by atoms with Crippen molar-refractivity contribution in [1.82, 2.24) is 19.7 Å². The van der Waals surface area contributed by atoms with Crippen LogP contribution in [0.3, 0.4) is 0 Å². The van der Waals surface area contributed by atoms with Crippen molar-refractivity contribution in [2.45, 2.75) is 13.8 Å². The van der Waals surface area contributed by atoms with E-state index in [2.05, 4.69) is 20.4 Å². The molecule has 32 heavy (non-hydrogen) atoms. The van der Waals surface area contributed by atoms with Gasteiger partial charge in [-0.05, 0) is 32.0 Å². The van der Waals surface area contributed by atoms with Crippen LogP contribution in [0, 0.1) is 24.0 Å². The lowest BCUT2D eigenvalue weighted by Crippen LogP contribution is -2.21. The molecule has 0 aliphatic carbocycles. The van der Waals surface area contributed by atoms with E-state index in [9.17, 15) is 19.7 Å². The van der Waals surface area contributed by atoms with E-state index in [1.807, 2.05) is 0 Å². The second kappa shape index (κ2) is 8.12. The highest BCUT2D eigenvalue weighted by atomic mass is 35.5. The van der Waals surface area contributed by atoms with Crippen molar-refractivity contribution < 1.29 is 14.1 Å². The van der Waals surface area contributed by atoms with Gasteiger partial charge in [-0.25, -0.2) is 4.98 Å². The number of furan rings is 1. The van der Waals surface area contributed by atoms with E-state index in [4.69, 9.17) is 16.0 Å². The van der Waals surface area contributed by atoms with Gasteiger partial charge in [0.2, 0.25) is 5.95 Å². The van der Waals surface area contributed by atoms with E-state index in [1.165, 1.54) is 29.1 Å². The summed E-state index contributed by atoms with van der Waals surface area (Å²) in [6.45, 7) is 3.31. The monoisotopic (exact) mass is 454 g/mol. The number of aromatic nitrogens is 4. The van der Waals surface area contributed by atoms with Gasteiger partial charge < -0.3 is 9.73 Å². The molecule has 0 bridgehead atoms. The fourth-order valence-corrected chi connectivity index (χ4v) is 3.09. The Kier molecular flexibility index (Phi) is 5.33. The third kappa shape index (κ3) is 3.88. The lowest BCUT2D eigenvalue weighted by atomic mass is 10.2. The van der Waals surface area contributed by atoms with E-state index in [0.717, 1.165) is 6.07 Å². The smallest absolute Gasteiger partial charge is 0.270 e. The number of nitrogens with one attached hydrogen (secondary N) is 2. The molecular weight excluding hydrogens is 440 g/mol. The first-order valence-electron chi connectivity index (χ1n) is 9.21. The van der Waals surface area contributed by atoms with Crippen LogP contribution in [0.25, 0.3) is 17.4 Å². The number of hydrogen-bond donors (Lipinski definition) is 2. The summed E-state index contributed by atoms with van der Waals surface area (Å²) in [5.74, 6) is -0.0949. The molecule has 12 heteroatoms. The van der Waals surface area contributed by atoms with Crippen molar-refractivity contribution in [1.29, 1.82) is 0 Å². The molecule has 11 nitrogen and oxygen atoms in total. The van der Waals surface area contributed by atoms with Crippen LogP contribution in [0.5, 0.6) is 0 Å². The standard InChI is InChI=1S/C20H15ClN6O5/c1-10-11(2)22-20(24-18(10)28)26-17(9-15(25-26)16-4-3-7-32-16)23-19(29)13-8-12(27(30)31)5-6-14(13)21/h3-9H,1-2H3,(H,23,29)(H,22,24,28). The van der Waals surface area contributed by atoms with Crippen molar-refractivity contribution in [3.05, 3.63) is 85.0 Å². The van der Waals surface area contributed by atoms with Gasteiger partial charge in [0.25, 0.3) is 17.2 Å². The Morgan fingerprint density at radius 1 is 1.28 bits per heavy atom. The summed E-state index contributed by atoms with van der Waals surface area (Å²) in [7, 11) is 0. The Labute approximate surface area is 184 Å². The highest BCUT2D eigenvalue weighted by molar-refractivity contribution is 6.34. The van der Waals surface area contributed by atoms with Crippen LogP contribution >= 0.6 is 11.6 Å². The summed E-state index contributed by atoms with van der Waals surface area (Å²) in [6.07, 6.45) is 1.46. The van der Waals surface area contributed by atoms with Crippen LogP contribution < -0.4 is 10.9 Å². The number of amides is 1. The second-order valence-electron chi connectivity index (χ2n) is 6.78. The van der Waals surface area contributed by atoms with Crippen molar-refractivity contribution in [3.63, 3.8) is 0 Å². The molecule has 0 saturated heterocycles. The number of nitro groups is 1. The number of rotatable bonds is 5. The first kappa shape index (κ1) is 21.0. The maximum absolute atomic E-state index is 12.9. The topological polar surface area (TPSA) is 149 Å². The summed E-state index contributed by atoms with van der Waals surface area (Å²) in [4.78, 5) is 42.6. The highest BCUT2D eigenvalue weighted by Crippen LogP contribution is 2.27. The number of H-pyrrole nitrogens is 1. The second-order valence-corrected chi connectivity index (χ2v) is 7.19. The minimum absolute atomic E-state index is 0.0307. The third-order valence-electron chi connectivity index (χ3n) is 4.71. The molecule has 2 N–H and O–H groups in total. The van der Waals surface area contributed by atoms with Gasteiger partial charge in [0, 0.05) is 29.5 Å². The van der Waals surface area contributed by atoms with Gasteiger partial charge in [-0.15, -0.1) is 0 Å². The zero-order valence-corrected chi connectivity index (χ0v) is 17.5.